The summed E-state index contributed by atoms with van der Waals surface area (Å²) in [5, 5.41) is 9.17. The number of aromatic nitrogens is 4. The molecular weight excluding hydrogens is 368 g/mol. The lowest BCUT2D eigenvalue weighted by Gasteiger charge is -2.34. The summed E-state index contributed by atoms with van der Waals surface area (Å²) in [4.78, 5) is 32.3. The summed E-state index contributed by atoms with van der Waals surface area (Å²) in [6, 6.07) is 7.98. The molecule has 29 heavy (non-hydrogen) atoms. The largest absolute Gasteiger partial charge is 0.361 e. The number of nitrogens with one attached hydrogen (secondary N) is 1. The molecule has 0 aliphatic carbocycles. The zero-order valence-corrected chi connectivity index (χ0v) is 17.1. The second-order valence-corrected chi connectivity index (χ2v) is 8.43. The minimum Gasteiger partial charge on any atom is -0.361 e. The number of H-pyrrole nitrogens is 1. The number of rotatable bonds is 3. The topological polar surface area (TPSA) is 87.1 Å². The molecule has 8 nitrogen and oxygen atoms in total. The van der Waals surface area contributed by atoms with Crippen molar-refractivity contribution >= 4 is 22.7 Å². The first-order chi connectivity index (χ1) is 13.8. The number of para-hydroxylation sites is 1. The summed E-state index contributed by atoms with van der Waals surface area (Å²) >= 11 is 0. The Morgan fingerprint density at radius 2 is 1.76 bits per heavy atom. The Morgan fingerprint density at radius 3 is 2.45 bits per heavy atom. The molecule has 0 unspecified atom stereocenters. The van der Waals surface area contributed by atoms with Crippen LogP contribution in [0.1, 0.15) is 36.8 Å². The van der Waals surface area contributed by atoms with E-state index in [4.69, 9.17) is 0 Å². The fourth-order valence-corrected chi connectivity index (χ4v) is 3.56. The van der Waals surface area contributed by atoms with Crippen molar-refractivity contribution in [2.24, 2.45) is 0 Å². The first-order valence-electron chi connectivity index (χ1n) is 9.88. The Kier molecular flexibility index (Phi) is 4.86. The molecule has 0 saturated carbocycles. The van der Waals surface area contributed by atoms with E-state index < -0.39 is 0 Å². The summed E-state index contributed by atoms with van der Waals surface area (Å²) in [5.41, 5.74) is 2.16. The summed E-state index contributed by atoms with van der Waals surface area (Å²) in [6.45, 7) is 8.08. The molecule has 152 valence electrons. The fourth-order valence-electron chi connectivity index (χ4n) is 3.56. The van der Waals surface area contributed by atoms with Gasteiger partial charge >= 0.3 is 0 Å². The van der Waals surface area contributed by atoms with E-state index in [0.717, 1.165) is 16.5 Å². The molecule has 0 radical (unpaired) electrons. The average molecular weight is 394 g/mol. The predicted octanol–water partition coefficient (Wildman–Crippen LogP) is 2.04. The summed E-state index contributed by atoms with van der Waals surface area (Å²) in [7, 11) is 0. The van der Waals surface area contributed by atoms with Gasteiger partial charge in [0, 0.05) is 43.3 Å². The number of carbonyl (C=O) groups excluding carboxylic acids is 2. The van der Waals surface area contributed by atoms with Crippen LogP contribution in [0.5, 0.6) is 0 Å². The monoisotopic (exact) mass is 394 g/mol. The Morgan fingerprint density at radius 1 is 1.07 bits per heavy atom. The number of piperazine rings is 1. The normalized spacial score (nSPS) is 15.1. The maximum atomic E-state index is 12.8. The van der Waals surface area contributed by atoms with E-state index in [0.29, 0.717) is 38.3 Å². The van der Waals surface area contributed by atoms with Crippen LogP contribution in [0.2, 0.25) is 0 Å². The molecule has 3 aromatic rings. The fraction of sp³-hybridized carbons (Fsp3) is 0.429. The molecule has 2 amide bonds. The highest BCUT2D eigenvalue weighted by molar-refractivity contribution is 5.92. The zero-order chi connectivity index (χ0) is 20.6. The van der Waals surface area contributed by atoms with Crippen molar-refractivity contribution < 1.29 is 9.59 Å². The maximum absolute atomic E-state index is 12.8. The van der Waals surface area contributed by atoms with Crippen molar-refractivity contribution in [3.05, 3.63) is 47.9 Å². The molecule has 1 aliphatic rings. The van der Waals surface area contributed by atoms with Crippen molar-refractivity contribution in [3.8, 4) is 0 Å². The van der Waals surface area contributed by atoms with Gasteiger partial charge in [0.25, 0.3) is 5.91 Å². The quantitative estimate of drug-likeness (QED) is 0.736. The van der Waals surface area contributed by atoms with E-state index in [1.165, 1.54) is 0 Å². The third-order valence-corrected chi connectivity index (χ3v) is 5.34. The molecule has 3 heterocycles. The highest BCUT2D eigenvalue weighted by atomic mass is 16.2. The van der Waals surface area contributed by atoms with Crippen LogP contribution in [0.3, 0.4) is 0 Å². The van der Waals surface area contributed by atoms with Gasteiger partial charge in [-0.25, -0.2) is 4.68 Å². The van der Waals surface area contributed by atoms with Crippen molar-refractivity contribution in [3.63, 3.8) is 0 Å². The molecule has 1 N–H and O–H groups in total. The second-order valence-electron chi connectivity index (χ2n) is 8.43. The molecule has 0 spiro atoms. The van der Waals surface area contributed by atoms with Crippen molar-refractivity contribution in [1.29, 1.82) is 0 Å². The number of nitrogens with zero attached hydrogens (tertiary/aromatic N) is 5. The smallest absolute Gasteiger partial charge is 0.276 e. The third-order valence-electron chi connectivity index (χ3n) is 5.34. The Hall–Kier alpha value is -3.16. The van der Waals surface area contributed by atoms with E-state index in [2.05, 4.69) is 15.3 Å². The molecule has 1 fully saturated rings. The number of benzene rings is 1. The Bertz CT molecular complexity index is 1040. The zero-order valence-electron chi connectivity index (χ0n) is 17.1. The van der Waals surface area contributed by atoms with Crippen LogP contribution in [0.4, 0.5) is 0 Å². The Balaban J connectivity index is 1.36. The van der Waals surface area contributed by atoms with Crippen LogP contribution in [0.25, 0.3) is 10.9 Å². The van der Waals surface area contributed by atoms with Crippen molar-refractivity contribution in [2.45, 2.75) is 32.7 Å². The highest BCUT2D eigenvalue weighted by Crippen LogP contribution is 2.19. The van der Waals surface area contributed by atoms with Gasteiger partial charge in [-0.3, -0.25) is 9.59 Å². The number of hydrogen-bond acceptors (Lipinski definition) is 4. The number of hydrogen-bond donors (Lipinski definition) is 1. The van der Waals surface area contributed by atoms with Crippen LogP contribution < -0.4 is 0 Å². The lowest BCUT2D eigenvalue weighted by molar-refractivity contribution is -0.131. The Labute approximate surface area is 169 Å². The summed E-state index contributed by atoms with van der Waals surface area (Å²) < 4.78 is 1.70. The highest BCUT2D eigenvalue weighted by Gasteiger charge is 2.27. The number of amides is 2. The van der Waals surface area contributed by atoms with Crippen LogP contribution in [-0.2, 0) is 16.8 Å². The van der Waals surface area contributed by atoms with Gasteiger partial charge in [0.1, 0.15) is 0 Å². The van der Waals surface area contributed by atoms with E-state index >= 15 is 0 Å². The molecule has 4 rings (SSSR count). The van der Waals surface area contributed by atoms with Gasteiger partial charge in [0.15, 0.2) is 5.69 Å². The van der Waals surface area contributed by atoms with Crippen LogP contribution in [-0.4, -0.2) is 67.8 Å². The van der Waals surface area contributed by atoms with Crippen LogP contribution in [0.15, 0.2) is 36.7 Å². The van der Waals surface area contributed by atoms with Gasteiger partial charge in [-0.2, -0.15) is 0 Å². The van der Waals surface area contributed by atoms with Gasteiger partial charge in [-0.15, -0.1) is 5.10 Å². The van der Waals surface area contributed by atoms with Gasteiger partial charge in [0.2, 0.25) is 5.91 Å². The van der Waals surface area contributed by atoms with E-state index in [1.807, 2.05) is 56.1 Å². The van der Waals surface area contributed by atoms with Gasteiger partial charge in [-0.1, -0.05) is 23.4 Å². The summed E-state index contributed by atoms with van der Waals surface area (Å²) in [5.74, 6) is -0.0512. The predicted molar refractivity (Wildman–Crippen MR) is 110 cm³/mol. The minimum atomic E-state index is -0.223. The molecule has 1 aliphatic heterocycles. The SMILES string of the molecule is CC(C)(C)n1cc(C(=O)N2CCN(C(=O)Cc3c[nH]c4ccccc34)CC2)nn1. The number of aromatic amines is 1. The van der Waals surface area contributed by atoms with Crippen LogP contribution >= 0.6 is 0 Å². The van der Waals surface area contributed by atoms with Gasteiger partial charge in [-0.05, 0) is 32.4 Å². The number of fused-ring (bicyclic) bond motifs is 1. The lowest BCUT2D eigenvalue weighted by Crippen LogP contribution is -2.51. The van der Waals surface area contributed by atoms with Crippen molar-refractivity contribution in [2.75, 3.05) is 26.2 Å². The molecule has 0 bridgehead atoms. The number of carbonyl (C=O) groups is 2. The molecular formula is C21H26N6O2. The standard InChI is InChI=1S/C21H26N6O2/c1-21(2,3)27-14-18(23-24-27)20(29)26-10-8-25(9-11-26)19(28)12-15-13-22-17-7-5-4-6-16(15)17/h4-7,13-14,22H,8-12H2,1-3H3. The first-order valence-corrected chi connectivity index (χ1v) is 9.88. The van der Waals surface area contributed by atoms with Crippen molar-refractivity contribution in [1.82, 2.24) is 29.8 Å². The molecule has 1 saturated heterocycles. The maximum Gasteiger partial charge on any atom is 0.276 e. The van der Waals surface area contributed by atoms with E-state index in [-0.39, 0.29) is 17.4 Å². The minimum absolute atomic E-state index is 0.0838. The lowest BCUT2D eigenvalue weighted by atomic mass is 10.1. The first kappa shape index (κ1) is 19.2. The molecule has 8 heteroatoms. The second kappa shape index (κ2) is 7.35. The van der Waals surface area contributed by atoms with Crippen LogP contribution in [0, 0.1) is 0 Å². The average Bonchev–Trinajstić information content (AvgIpc) is 3.35. The van der Waals surface area contributed by atoms with E-state index in [1.54, 1.807) is 15.8 Å². The van der Waals surface area contributed by atoms with E-state index in [9.17, 15) is 9.59 Å². The molecule has 2 aromatic heterocycles. The molecule has 0 atom stereocenters. The van der Waals surface area contributed by atoms with Gasteiger partial charge in [0.05, 0.1) is 18.2 Å². The third kappa shape index (κ3) is 3.87. The molecule has 1 aromatic carbocycles. The van der Waals surface area contributed by atoms with Gasteiger partial charge < -0.3 is 14.8 Å². The summed E-state index contributed by atoms with van der Waals surface area (Å²) in [6.07, 6.45) is 3.95.